The van der Waals surface area contributed by atoms with Crippen LogP contribution >= 0.6 is 11.6 Å². The molecule has 0 bridgehead atoms. The van der Waals surface area contributed by atoms with Crippen LogP contribution in [0.3, 0.4) is 0 Å². The molecule has 0 saturated heterocycles. The highest BCUT2D eigenvalue weighted by Gasteiger charge is 2.23. The first-order valence-electron chi connectivity index (χ1n) is 8.57. The normalized spacial score (nSPS) is 10.3. The van der Waals surface area contributed by atoms with Crippen LogP contribution in [0.15, 0.2) is 53.1 Å². The molecule has 0 aliphatic heterocycles. The van der Waals surface area contributed by atoms with E-state index in [2.05, 4.69) is 16.0 Å². The fourth-order valence-electron chi connectivity index (χ4n) is 2.58. The number of hydrazine groups is 1. The summed E-state index contributed by atoms with van der Waals surface area (Å²) in [6.07, 6.45) is 0. The average Bonchev–Trinajstić information content (AvgIpc) is 3.12. The summed E-state index contributed by atoms with van der Waals surface area (Å²) in [5, 5.41) is 4.34. The van der Waals surface area contributed by atoms with Gasteiger partial charge in [-0.05, 0) is 25.1 Å². The van der Waals surface area contributed by atoms with Crippen molar-refractivity contribution in [2.75, 3.05) is 13.7 Å². The summed E-state index contributed by atoms with van der Waals surface area (Å²) in [6.45, 7) is 1.27. The maximum atomic E-state index is 12.6. The van der Waals surface area contributed by atoms with Crippen molar-refractivity contribution in [2.45, 2.75) is 6.92 Å². The number of benzene rings is 2. The Balaban J connectivity index is 1.63. The zero-order chi connectivity index (χ0) is 20.8. The van der Waals surface area contributed by atoms with Crippen LogP contribution in [-0.2, 0) is 4.79 Å². The summed E-state index contributed by atoms with van der Waals surface area (Å²) in [6, 6.07) is 13.8. The second-order valence-corrected chi connectivity index (χ2v) is 6.29. The molecule has 0 radical (unpaired) electrons. The number of aromatic nitrogens is 1. The molecule has 29 heavy (non-hydrogen) atoms. The smallest absolute Gasteiger partial charge is 0.276 e. The van der Waals surface area contributed by atoms with E-state index in [1.807, 2.05) is 0 Å². The van der Waals surface area contributed by atoms with Crippen molar-refractivity contribution >= 4 is 23.4 Å². The standard InChI is InChI=1S/C20H18ClN3O5/c1-12-18(19(24-29-12)13-7-3-4-8-14(13)21)20(26)23-22-17(25)11-28-16-10-6-5-9-15(16)27-2/h3-10H,11H2,1-2H3,(H,22,25)(H,23,26). The van der Waals surface area contributed by atoms with Crippen LogP contribution in [0.4, 0.5) is 0 Å². The van der Waals surface area contributed by atoms with Crippen molar-refractivity contribution in [3.05, 3.63) is 64.9 Å². The molecule has 8 nitrogen and oxygen atoms in total. The maximum Gasteiger partial charge on any atom is 0.276 e. The van der Waals surface area contributed by atoms with Crippen LogP contribution in [0.5, 0.6) is 11.5 Å². The number of amides is 2. The van der Waals surface area contributed by atoms with Gasteiger partial charge in [0.15, 0.2) is 18.1 Å². The van der Waals surface area contributed by atoms with E-state index in [-0.39, 0.29) is 23.6 Å². The van der Waals surface area contributed by atoms with Gasteiger partial charge in [0.05, 0.1) is 12.1 Å². The van der Waals surface area contributed by atoms with Crippen molar-refractivity contribution in [1.29, 1.82) is 0 Å². The fraction of sp³-hybridized carbons (Fsp3) is 0.150. The molecule has 2 aromatic carbocycles. The molecule has 150 valence electrons. The summed E-state index contributed by atoms with van der Waals surface area (Å²) >= 11 is 6.19. The van der Waals surface area contributed by atoms with Gasteiger partial charge in [-0.3, -0.25) is 20.4 Å². The molecule has 1 heterocycles. The molecule has 2 amide bonds. The second kappa shape index (κ2) is 9.11. The van der Waals surface area contributed by atoms with Crippen LogP contribution in [0.1, 0.15) is 16.1 Å². The van der Waals surface area contributed by atoms with Gasteiger partial charge in [-0.2, -0.15) is 0 Å². The van der Waals surface area contributed by atoms with E-state index in [0.717, 1.165) is 0 Å². The van der Waals surface area contributed by atoms with Gasteiger partial charge in [-0.25, -0.2) is 0 Å². The van der Waals surface area contributed by atoms with E-state index in [1.54, 1.807) is 55.5 Å². The van der Waals surface area contributed by atoms with Gasteiger partial charge in [0, 0.05) is 5.56 Å². The number of nitrogens with zero attached hydrogens (tertiary/aromatic N) is 1. The topological polar surface area (TPSA) is 103 Å². The van der Waals surface area contributed by atoms with Crippen LogP contribution in [0.25, 0.3) is 11.3 Å². The molecule has 1 aromatic heterocycles. The number of ether oxygens (including phenoxy) is 2. The second-order valence-electron chi connectivity index (χ2n) is 5.88. The SMILES string of the molecule is COc1ccccc1OCC(=O)NNC(=O)c1c(-c2ccccc2Cl)noc1C. The van der Waals surface area contributed by atoms with Crippen LogP contribution in [-0.4, -0.2) is 30.7 Å². The zero-order valence-corrected chi connectivity index (χ0v) is 16.4. The van der Waals surface area contributed by atoms with E-state index in [4.69, 9.17) is 25.6 Å². The number of rotatable bonds is 6. The molecule has 0 saturated carbocycles. The third kappa shape index (κ3) is 4.67. The Kier molecular flexibility index (Phi) is 6.36. The van der Waals surface area contributed by atoms with E-state index >= 15 is 0 Å². The summed E-state index contributed by atoms with van der Waals surface area (Å²) < 4.78 is 15.7. The Hall–Kier alpha value is -3.52. The number of nitrogens with one attached hydrogen (secondary N) is 2. The average molecular weight is 416 g/mol. The third-order valence-corrected chi connectivity index (χ3v) is 4.29. The van der Waals surface area contributed by atoms with E-state index in [0.29, 0.717) is 22.1 Å². The molecular weight excluding hydrogens is 398 g/mol. The molecule has 0 spiro atoms. The van der Waals surface area contributed by atoms with Crippen molar-refractivity contribution in [3.63, 3.8) is 0 Å². The highest BCUT2D eigenvalue weighted by atomic mass is 35.5. The Morgan fingerprint density at radius 2 is 1.76 bits per heavy atom. The number of hydrogen-bond acceptors (Lipinski definition) is 6. The molecule has 2 N–H and O–H groups in total. The minimum atomic E-state index is -0.593. The number of para-hydroxylation sites is 2. The monoisotopic (exact) mass is 415 g/mol. The van der Waals surface area contributed by atoms with Crippen molar-refractivity contribution < 1.29 is 23.6 Å². The van der Waals surface area contributed by atoms with E-state index < -0.39 is 11.8 Å². The Morgan fingerprint density at radius 3 is 2.48 bits per heavy atom. The van der Waals surface area contributed by atoms with Gasteiger partial charge >= 0.3 is 0 Å². The highest BCUT2D eigenvalue weighted by molar-refractivity contribution is 6.33. The first kappa shape index (κ1) is 20.2. The van der Waals surface area contributed by atoms with Gasteiger partial charge in [0.25, 0.3) is 11.8 Å². The van der Waals surface area contributed by atoms with Crippen LogP contribution in [0.2, 0.25) is 5.02 Å². The first-order chi connectivity index (χ1) is 14.0. The highest BCUT2D eigenvalue weighted by Crippen LogP contribution is 2.30. The number of aryl methyl sites for hydroxylation is 1. The molecule has 0 unspecified atom stereocenters. The number of carbonyl (C=O) groups excluding carboxylic acids is 2. The van der Waals surface area contributed by atoms with Gasteiger partial charge in [0.2, 0.25) is 0 Å². The predicted molar refractivity (Wildman–Crippen MR) is 106 cm³/mol. The Bertz CT molecular complexity index is 1030. The largest absolute Gasteiger partial charge is 0.493 e. The molecule has 0 fully saturated rings. The Morgan fingerprint density at radius 1 is 1.07 bits per heavy atom. The summed E-state index contributed by atoms with van der Waals surface area (Å²) in [4.78, 5) is 24.6. The van der Waals surface area contributed by atoms with Crippen LogP contribution < -0.4 is 20.3 Å². The lowest BCUT2D eigenvalue weighted by Gasteiger charge is -2.11. The molecular formula is C20H18ClN3O5. The summed E-state index contributed by atoms with van der Waals surface area (Å²) in [5.41, 5.74) is 5.62. The number of halogens is 1. The summed E-state index contributed by atoms with van der Waals surface area (Å²) in [5.74, 6) is 0.0417. The summed E-state index contributed by atoms with van der Waals surface area (Å²) in [7, 11) is 1.50. The molecule has 0 aliphatic rings. The van der Waals surface area contributed by atoms with Gasteiger partial charge in [-0.15, -0.1) is 0 Å². The molecule has 3 aromatic rings. The van der Waals surface area contributed by atoms with Crippen molar-refractivity contribution in [3.8, 4) is 22.8 Å². The zero-order valence-electron chi connectivity index (χ0n) is 15.7. The maximum absolute atomic E-state index is 12.6. The van der Waals surface area contributed by atoms with Crippen molar-refractivity contribution in [1.82, 2.24) is 16.0 Å². The lowest BCUT2D eigenvalue weighted by Crippen LogP contribution is -2.44. The number of hydrogen-bond donors (Lipinski definition) is 2. The third-order valence-electron chi connectivity index (χ3n) is 3.96. The quantitative estimate of drug-likeness (QED) is 0.599. The number of methoxy groups -OCH3 is 1. The van der Waals surface area contributed by atoms with Gasteiger partial charge in [-0.1, -0.05) is 47.1 Å². The lowest BCUT2D eigenvalue weighted by molar-refractivity contribution is -0.123. The van der Waals surface area contributed by atoms with Gasteiger partial charge < -0.3 is 14.0 Å². The van der Waals surface area contributed by atoms with Crippen LogP contribution in [0, 0.1) is 6.92 Å². The van der Waals surface area contributed by atoms with E-state index in [1.165, 1.54) is 7.11 Å². The van der Waals surface area contributed by atoms with Crippen molar-refractivity contribution in [2.24, 2.45) is 0 Å². The van der Waals surface area contributed by atoms with Gasteiger partial charge in [0.1, 0.15) is 17.0 Å². The molecule has 9 heteroatoms. The molecule has 3 rings (SSSR count). The molecule has 0 atom stereocenters. The first-order valence-corrected chi connectivity index (χ1v) is 8.95. The minimum absolute atomic E-state index is 0.170. The molecule has 0 aliphatic carbocycles. The minimum Gasteiger partial charge on any atom is -0.493 e. The predicted octanol–water partition coefficient (Wildman–Crippen LogP) is 3.15. The lowest BCUT2D eigenvalue weighted by atomic mass is 10.1. The fourth-order valence-corrected chi connectivity index (χ4v) is 2.81. The number of carbonyl (C=O) groups is 2. The Labute approximate surface area is 171 Å². The van der Waals surface area contributed by atoms with E-state index in [9.17, 15) is 9.59 Å².